The van der Waals surface area contributed by atoms with Crippen molar-refractivity contribution in [3.8, 4) is 0 Å². The largest absolute Gasteiger partial charge is 0.444 e. The standard InChI is InChI=1S/C20H32N4O3/c1-20(2,3)27-19(25)24-11-9-15(10-12-24)13-22-18(21)23-17-8-6-5-7-16(17)14-26-4/h5-8,15H,9-14H2,1-4H3,(H3,21,22,23). The number of hydrogen-bond acceptors (Lipinski definition) is 4. The van der Waals surface area contributed by atoms with Gasteiger partial charge in [0.05, 0.1) is 6.61 Å². The highest BCUT2D eigenvalue weighted by molar-refractivity contribution is 5.92. The van der Waals surface area contributed by atoms with Crippen LogP contribution in [0.5, 0.6) is 0 Å². The number of anilines is 1. The Morgan fingerprint density at radius 1 is 1.30 bits per heavy atom. The number of amides is 1. The Bertz CT molecular complexity index is 647. The number of nitrogens with two attached hydrogens (primary N) is 1. The zero-order valence-corrected chi connectivity index (χ0v) is 16.8. The van der Waals surface area contributed by atoms with Gasteiger partial charge in [-0.1, -0.05) is 18.2 Å². The number of methoxy groups -OCH3 is 1. The number of nitrogens with one attached hydrogen (secondary N) is 1. The highest BCUT2D eigenvalue weighted by Gasteiger charge is 2.26. The summed E-state index contributed by atoms with van der Waals surface area (Å²) in [6.07, 6.45) is 1.56. The van der Waals surface area contributed by atoms with Crippen LogP contribution in [0.25, 0.3) is 0 Å². The molecule has 7 nitrogen and oxygen atoms in total. The van der Waals surface area contributed by atoms with Crippen LogP contribution in [0.1, 0.15) is 39.2 Å². The molecule has 0 aliphatic carbocycles. The Morgan fingerprint density at radius 2 is 1.96 bits per heavy atom. The number of carbonyl (C=O) groups excluding carboxylic acids is 1. The zero-order chi connectivity index (χ0) is 19.9. The van der Waals surface area contributed by atoms with Crippen LogP contribution in [0.3, 0.4) is 0 Å². The van der Waals surface area contributed by atoms with Crippen molar-refractivity contribution in [2.75, 3.05) is 32.1 Å². The molecule has 2 rings (SSSR count). The van der Waals surface area contributed by atoms with E-state index in [1.165, 1.54) is 0 Å². The minimum absolute atomic E-state index is 0.236. The Labute approximate surface area is 161 Å². The van der Waals surface area contributed by atoms with E-state index >= 15 is 0 Å². The second-order valence-corrected chi connectivity index (χ2v) is 7.85. The first-order valence-electron chi connectivity index (χ1n) is 9.40. The van der Waals surface area contributed by atoms with E-state index in [0.717, 1.165) is 24.1 Å². The van der Waals surface area contributed by atoms with E-state index in [0.29, 0.717) is 38.1 Å². The van der Waals surface area contributed by atoms with Gasteiger partial charge >= 0.3 is 6.09 Å². The molecule has 1 amide bonds. The zero-order valence-electron chi connectivity index (χ0n) is 16.8. The summed E-state index contributed by atoms with van der Waals surface area (Å²) in [4.78, 5) is 18.4. The smallest absolute Gasteiger partial charge is 0.410 e. The van der Waals surface area contributed by atoms with Gasteiger partial charge in [-0.2, -0.15) is 0 Å². The van der Waals surface area contributed by atoms with Crippen LogP contribution in [0.4, 0.5) is 10.5 Å². The van der Waals surface area contributed by atoms with Crippen LogP contribution in [0.2, 0.25) is 0 Å². The van der Waals surface area contributed by atoms with Crippen molar-refractivity contribution in [2.24, 2.45) is 16.6 Å². The minimum atomic E-state index is -0.461. The van der Waals surface area contributed by atoms with Crippen LogP contribution in [-0.2, 0) is 16.1 Å². The van der Waals surface area contributed by atoms with Gasteiger partial charge in [-0.15, -0.1) is 0 Å². The highest BCUT2D eigenvalue weighted by Crippen LogP contribution is 2.20. The normalized spacial score (nSPS) is 16.3. The van der Waals surface area contributed by atoms with E-state index < -0.39 is 5.60 Å². The van der Waals surface area contributed by atoms with Crippen molar-refractivity contribution in [3.63, 3.8) is 0 Å². The van der Waals surface area contributed by atoms with Crippen LogP contribution in [0, 0.1) is 5.92 Å². The maximum Gasteiger partial charge on any atom is 0.410 e. The van der Waals surface area contributed by atoms with E-state index in [1.807, 2.05) is 45.0 Å². The van der Waals surface area contributed by atoms with E-state index in [2.05, 4.69) is 10.3 Å². The molecule has 7 heteroatoms. The molecule has 1 aliphatic heterocycles. The molecule has 0 atom stereocenters. The maximum absolute atomic E-state index is 12.1. The number of hydrogen-bond donors (Lipinski definition) is 2. The highest BCUT2D eigenvalue weighted by atomic mass is 16.6. The van der Waals surface area contributed by atoms with Crippen LogP contribution in [-0.4, -0.2) is 49.3 Å². The van der Waals surface area contributed by atoms with Crippen molar-refractivity contribution in [3.05, 3.63) is 29.8 Å². The lowest BCUT2D eigenvalue weighted by molar-refractivity contribution is 0.0187. The van der Waals surface area contributed by atoms with Crippen molar-refractivity contribution in [1.29, 1.82) is 0 Å². The number of para-hydroxylation sites is 1. The molecule has 3 N–H and O–H groups in total. The van der Waals surface area contributed by atoms with E-state index in [4.69, 9.17) is 15.2 Å². The molecule has 1 aromatic carbocycles. The molecule has 1 heterocycles. The van der Waals surface area contributed by atoms with Gasteiger partial charge in [-0.05, 0) is 45.6 Å². The van der Waals surface area contributed by atoms with Crippen molar-refractivity contribution in [2.45, 2.75) is 45.8 Å². The molecule has 1 aromatic rings. The van der Waals surface area contributed by atoms with Gasteiger partial charge in [0, 0.05) is 38.0 Å². The number of benzene rings is 1. The minimum Gasteiger partial charge on any atom is -0.444 e. The first kappa shape index (κ1) is 21.0. The quantitative estimate of drug-likeness (QED) is 0.608. The summed E-state index contributed by atoms with van der Waals surface area (Å²) < 4.78 is 10.6. The molecule has 1 saturated heterocycles. The molecule has 0 unspecified atom stereocenters. The maximum atomic E-state index is 12.1. The summed E-state index contributed by atoms with van der Waals surface area (Å²) in [5, 5.41) is 3.15. The lowest BCUT2D eigenvalue weighted by Gasteiger charge is -2.33. The number of carbonyl (C=O) groups is 1. The lowest BCUT2D eigenvalue weighted by atomic mass is 9.97. The van der Waals surface area contributed by atoms with Crippen molar-refractivity contribution < 1.29 is 14.3 Å². The van der Waals surface area contributed by atoms with Crippen LogP contribution < -0.4 is 11.1 Å². The molecule has 150 valence electrons. The molecule has 27 heavy (non-hydrogen) atoms. The number of guanidine groups is 1. The molecule has 0 spiro atoms. The molecule has 0 radical (unpaired) electrons. The second kappa shape index (κ2) is 9.60. The lowest BCUT2D eigenvalue weighted by Crippen LogP contribution is -2.42. The summed E-state index contributed by atoms with van der Waals surface area (Å²) in [5.74, 6) is 0.811. The second-order valence-electron chi connectivity index (χ2n) is 7.85. The molecular weight excluding hydrogens is 344 g/mol. The number of nitrogens with zero attached hydrogens (tertiary/aromatic N) is 2. The fraction of sp³-hybridized carbons (Fsp3) is 0.600. The van der Waals surface area contributed by atoms with Gasteiger partial charge in [0.1, 0.15) is 5.60 Å². The predicted octanol–water partition coefficient (Wildman–Crippen LogP) is 3.21. The van der Waals surface area contributed by atoms with Crippen molar-refractivity contribution >= 4 is 17.7 Å². The molecule has 0 saturated carbocycles. The molecule has 1 fully saturated rings. The fourth-order valence-corrected chi connectivity index (χ4v) is 2.95. The molecule has 0 bridgehead atoms. The number of ether oxygens (including phenoxy) is 2. The topological polar surface area (TPSA) is 89.2 Å². The average Bonchev–Trinajstić information content (AvgIpc) is 2.61. The van der Waals surface area contributed by atoms with E-state index in [1.54, 1.807) is 12.0 Å². The summed E-state index contributed by atoms with van der Waals surface area (Å²) >= 11 is 0. The first-order valence-corrected chi connectivity index (χ1v) is 9.40. The van der Waals surface area contributed by atoms with Crippen LogP contribution >= 0.6 is 0 Å². The Morgan fingerprint density at radius 3 is 2.59 bits per heavy atom. The van der Waals surface area contributed by atoms with Crippen molar-refractivity contribution in [1.82, 2.24) is 4.90 Å². The van der Waals surface area contributed by atoms with Crippen LogP contribution in [0.15, 0.2) is 29.3 Å². The monoisotopic (exact) mass is 376 g/mol. The average molecular weight is 377 g/mol. The fourth-order valence-electron chi connectivity index (χ4n) is 2.95. The molecular formula is C20H32N4O3. The summed E-state index contributed by atoms with van der Waals surface area (Å²) in [7, 11) is 1.66. The van der Waals surface area contributed by atoms with Gasteiger partial charge in [-0.3, -0.25) is 4.99 Å². The third-order valence-corrected chi connectivity index (χ3v) is 4.37. The summed E-state index contributed by atoms with van der Waals surface area (Å²) in [6, 6.07) is 7.86. The number of aliphatic imine (C=N–C) groups is 1. The SMILES string of the molecule is COCc1ccccc1NC(N)=NCC1CCN(C(=O)OC(C)(C)C)CC1. The Kier molecular flexibility index (Phi) is 7.47. The summed E-state index contributed by atoms with van der Waals surface area (Å²) in [6.45, 7) is 8.19. The number of likely N-dealkylation sites (tertiary alicyclic amines) is 1. The number of piperidine rings is 1. The third kappa shape index (κ3) is 7.09. The van der Waals surface area contributed by atoms with Gasteiger partial charge in [-0.25, -0.2) is 4.79 Å². The molecule has 1 aliphatic rings. The Balaban J connectivity index is 1.81. The van der Waals surface area contributed by atoms with Gasteiger partial charge < -0.3 is 25.4 Å². The number of rotatable bonds is 5. The predicted molar refractivity (Wildman–Crippen MR) is 108 cm³/mol. The Hall–Kier alpha value is -2.28. The summed E-state index contributed by atoms with van der Waals surface area (Å²) in [5.41, 5.74) is 7.52. The van der Waals surface area contributed by atoms with Gasteiger partial charge in [0.15, 0.2) is 5.96 Å². The molecule has 0 aromatic heterocycles. The van der Waals surface area contributed by atoms with E-state index in [-0.39, 0.29) is 6.09 Å². The first-order chi connectivity index (χ1) is 12.8. The van der Waals surface area contributed by atoms with Gasteiger partial charge in [0.25, 0.3) is 0 Å². The van der Waals surface area contributed by atoms with E-state index in [9.17, 15) is 4.79 Å². The van der Waals surface area contributed by atoms with Gasteiger partial charge in [0.2, 0.25) is 0 Å². The third-order valence-electron chi connectivity index (χ3n) is 4.37.